The molecule has 0 aliphatic heterocycles. The van der Waals surface area contributed by atoms with Gasteiger partial charge in [-0.1, -0.05) is 33.6 Å². The largest absolute Gasteiger partial charge is 0.326 e. The summed E-state index contributed by atoms with van der Waals surface area (Å²) in [6, 6.07) is 10.1. The Morgan fingerprint density at radius 2 is 2.11 bits per heavy atom. The summed E-state index contributed by atoms with van der Waals surface area (Å²) < 4.78 is 16.4. The SMILES string of the molecule is Cc1ccc(NC(=O)Cc2csc(=Nc3ccc(Br)cc3F)n2C)cc1Cl. The number of rotatable bonds is 4. The minimum atomic E-state index is -0.409. The summed E-state index contributed by atoms with van der Waals surface area (Å²) in [7, 11) is 1.80. The Morgan fingerprint density at radius 1 is 1.33 bits per heavy atom. The van der Waals surface area contributed by atoms with Crippen molar-refractivity contribution in [3.05, 3.63) is 73.1 Å². The Bertz CT molecular complexity index is 1080. The number of hydrogen-bond acceptors (Lipinski definition) is 3. The van der Waals surface area contributed by atoms with Gasteiger partial charge < -0.3 is 9.88 Å². The fourth-order valence-corrected chi connectivity index (χ4v) is 3.80. The number of aromatic nitrogens is 1. The van der Waals surface area contributed by atoms with E-state index in [0.717, 1.165) is 11.3 Å². The number of halogens is 3. The molecule has 27 heavy (non-hydrogen) atoms. The molecule has 3 aromatic rings. The lowest BCUT2D eigenvalue weighted by atomic mass is 10.2. The molecule has 0 aliphatic rings. The third-order valence-corrected chi connectivity index (χ3v) is 5.81. The van der Waals surface area contributed by atoms with E-state index < -0.39 is 5.82 Å². The summed E-state index contributed by atoms with van der Waals surface area (Å²) >= 11 is 10.7. The third kappa shape index (κ3) is 4.86. The highest BCUT2D eigenvalue weighted by atomic mass is 79.9. The molecular weight excluding hydrogens is 453 g/mol. The maximum absolute atomic E-state index is 14.0. The molecule has 0 fully saturated rings. The zero-order chi connectivity index (χ0) is 19.6. The van der Waals surface area contributed by atoms with Gasteiger partial charge in [-0.05, 0) is 42.8 Å². The molecule has 0 radical (unpaired) electrons. The number of hydrogen-bond donors (Lipinski definition) is 1. The van der Waals surface area contributed by atoms with Crippen LogP contribution in [0.25, 0.3) is 0 Å². The Balaban J connectivity index is 1.77. The smallest absolute Gasteiger partial charge is 0.230 e. The van der Waals surface area contributed by atoms with Crippen molar-refractivity contribution in [3.8, 4) is 0 Å². The fraction of sp³-hybridized carbons (Fsp3) is 0.158. The Kier molecular flexibility index (Phi) is 6.14. The number of carbonyl (C=O) groups excluding carboxylic acids is 1. The summed E-state index contributed by atoms with van der Waals surface area (Å²) in [5.74, 6) is -0.571. The molecule has 0 atom stereocenters. The molecule has 3 rings (SSSR count). The predicted octanol–water partition coefficient (Wildman–Crippen LogP) is 5.36. The van der Waals surface area contributed by atoms with Gasteiger partial charge in [0.05, 0.1) is 6.42 Å². The van der Waals surface area contributed by atoms with Crippen LogP contribution in [0.5, 0.6) is 0 Å². The molecule has 1 aromatic heterocycles. The normalized spacial score (nSPS) is 11.7. The first-order valence-corrected chi connectivity index (χ1v) is 10.1. The molecule has 1 N–H and O–H groups in total. The van der Waals surface area contributed by atoms with Gasteiger partial charge in [-0.15, -0.1) is 11.3 Å². The van der Waals surface area contributed by atoms with E-state index in [-0.39, 0.29) is 18.0 Å². The Labute approximate surface area is 173 Å². The highest BCUT2D eigenvalue weighted by molar-refractivity contribution is 9.10. The standard InChI is InChI=1S/C19H16BrClFN3OS/c1-11-3-5-13(8-15(11)21)23-18(26)9-14-10-27-19(25(14)2)24-17-6-4-12(20)7-16(17)22/h3-8,10H,9H2,1-2H3,(H,23,26). The van der Waals surface area contributed by atoms with Gasteiger partial charge in [-0.2, -0.15) is 0 Å². The van der Waals surface area contributed by atoms with Crippen molar-refractivity contribution < 1.29 is 9.18 Å². The van der Waals surface area contributed by atoms with Gasteiger partial charge in [0.2, 0.25) is 5.91 Å². The van der Waals surface area contributed by atoms with E-state index >= 15 is 0 Å². The predicted molar refractivity (Wildman–Crippen MR) is 111 cm³/mol. The van der Waals surface area contributed by atoms with Crippen LogP contribution >= 0.6 is 38.9 Å². The van der Waals surface area contributed by atoms with Crippen LogP contribution in [0.4, 0.5) is 15.8 Å². The fourth-order valence-electron chi connectivity index (χ4n) is 2.38. The van der Waals surface area contributed by atoms with Gasteiger partial charge in [0.1, 0.15) is 11.5 Å². The highest BCUT2D eigenvalue weighted by Crippen LogP contribution is 2.22. The first-order chi connectivity index (χ1) is 12.8. The van der Waals surface area contributed by atoms with Crippen LogP contribution in [-0.2, 0) is 18.3 Å². The van der Waals surface area contributed by atoms with Gasteiger partial charge in [-0.3, -0.25) is 4.79 Å². The van der Waals surface area contributed by atoms with Crippen LogP contribution in [-0.4, -0.2) is 10.5 Å². The minimum Gasteiger partial charge on any atom is -0.326 e. The van der Waals surface area contributed by atoms with E-state index in [9.17, 15) is 9.18 Å². The molecule has 0 saturated heterocycles. The Hall–Kier alpha value is -1.96. The number of amides is 1. The average Bonchev–Trinajstić information content (AvgIpc) is 2.94. The summed E-state index contributed by atoms with van der Waals surface area (Å²) in [6.07, 6.45) is 0.177. The van der Waals surface area contributed by atoms with Crippen molar-refractivity contribution in [3.63, 3.8) is 0 Å². The molecule has 0 spiro atoms. The molecule has 140 valence electrons. The first kappa shape index (κ1) is 19.8. The van der Waals surface area contributed by atoms with E-state index in [4.69, 9.17) is 11.6 Å². The molecule has 0 unspecified atom stereocenters. The third-order valence-electron chi connectivity index (χ3n) is 3.94. The zero-order valence-corrected chi connectivity index (χ0v) is 17.8. The van der Waals surface area contributed by atoms with Crippen molar-refractivity contribution in [2.75, 3.05) is 5.32 Å². The number of nitrogens with zero attached hydrogens (tertiary/aromatic N) is 2. The van der Waals surface area contributed by atoms with Gasteiger partial charge in [0.15, 0.2) is 4.80 Å². The van der Waals surface area contributed by atoms with Crippen molar-refractivity contribution in [2.24, 2.45) is 12.0 Å². The van der Waals surface area contributed by atoms with Gasteiger partial charge >= 0.3 is 0 Å². The second-order valence-electron chi connectivity index (χ2n) is 5.97. The number of anilines is 1. The maximum atomic E-state index is 14.0. The Morgan fingerprint density at radius 3 is 2.81 bits per heavy atom. The van der Waals surface area contributed by atoms with Crippen molar-refractivity contribution >= 4 is 56.1 Å². The summed E-state index contributed by atoms with van der Waals surface area (Å²) in [4.78, 5) is 17.3. The maximum Gasteiger partial charge on any atom is 0.230 e. The number of thiazole rings is 1. The van der Waals surface area contributed by atoms with E-state index in [1.165, 1.54) is 17.4 Å². The second-order valence-corrected chi connectivity index (χ2v) is 8.12. The molecule has 0 bridgehead atoms. The number of nitrogens with one attached hydrogen (secondary N) is 1. The van der Waals surface area contributed by atoms with Crippen molar-refractivity contribution in [1.29, 1.82) is 0 Å². The zero-order valence-electron chi connectivity index (χ0n) is 14.6. The van der Waals surface area contributed by atoms with Gasteiger partial charge in [-0.25, -0.2) is 9.38 Å². The highest BCUT2D eigenvalue weighted by Gasteiger charge is 2.10. The van der Waals surface area contributed by atoms with Crippen LogP contribution in [0.1, 0.15) is 11.3 Å². The van der Waals surface area contributed by atoms with Crippen LogP contribution in [0.2, 0.25) is 5.02 Å². The average molecular weight is 469 g/mol. The van der Waals surface area contributed by atoms with Gasteiger partial charge in [0, 0.05) is 33.3 Å². The first-order valence-electron chi connectivity index (χ1n) is 8.02. The number of carbonyl (C=O) groups is 1. The lowest BCUT2D eigenvalue weighted by Gasteiger charge is -2.07. The van der Waals surface area contributed by atoms with E-state index in [2.05, 4.69) is 26.2 Å². The molecule has 0 aliphatic carbocycles. The van der Waals surface area contributed by atoms with Crippen molar-refractivity contribution in [2.45, 2.75) is 13.3 Å². The summed E-state index contributed by atoms with van der Waals surface area (Å²) in [6.45, 7) is 1.90. The lowest BCUT2D eigenvalue weighted by molar-refractivity contribution is -0.115. The minimum absolute atomic E-state index is 0.162. The second kappa shape index (κ2) is 8.37. The molecule has 0 saturated carbocycles. The number of aryl methyl sites for hydroxylation is 1. The van der Waals surface area contributed by atoms with E-state index in [1.807, 2.05) is 24.4 Å². The molecular formula is C19H16BrClFN3OS. The van der Waals surface area contributed by atoms with E-state index in [0.29, 0.717) is 20.0 Å². The van der Waals surface area contributed by atoms with Crippen molar-refractivity contribution in [1.82, 2.24) is 4.57 Å². The molecule has 8 heteroatoms. The lowest BCUT2D eigenvalue weighted by Crippen LogP contribution is -2.19. The monoisotopic (exact) mass is 467 g/mol. The number of benzene rings is 2. The summed E-state index contributed by atoms with van der Waals surface area (Å²) in [5.41, 5.74) is 2.63. The molecule has 1 amide bonds. The molecule has 1 heterocycles. The summed E-state index contributed by atoms with van der Waals surface area (Å²) in [5, 5.41) is 5.28. The van der Waals surface area contributed by atoms with E-state index in [1.54, 1.807) is 29.8 Å². The van der Waals surface area contributed by atoms with Gasteiger partial charge in [0.25, 0.3) is 0 Å². The topological polar surface area (TPSA) is 46.4 Å². The van der Waals surface area contributed by atoms with Crippen LogP contribution in [0, 0.1) is 12.7 Å². The molecule has 2 aromatic carbocycles. The quantitative estimate of drug-likeness (QED) is 0.550. The molecule has 4 nitrogen and oxygen atoms in total. The van der Waals surface area contributed by atoms with Crippen LogP contribution in [0.3, 0.4) is 0 Å². The van der Waals surface area contributed by atoms with Crippen LogP contribution in [0.15, 0.2) is 51.2 Å². The van der Waals surface area contributed by atoms with Crippen LogP contribution < -0.4 is 10.1 Å².